The fourth-order valence-corrected chi connectivity index (χ4v) is 2.70. The monoisotopic (exact) mass is 341 g/mol. The number of carbonyl (C=O) groups is 1. The number of methoxy groups -OCH3 is 1. The van der Waals surface area contributed by atoms with E-state index in [-0.39, 0.29) is 18.2 Å². The van der Waals surface area contributed by atoms with Gasteiger partial charge >= 0.3 is 5.97 Å². The van der Waals surface area contributed by atoms with Crippen LogP contribution in [0.25, 0.3) is 10.9 Å². The lowest BCUT2D eigenvalue weighted by molar-refractivity contribution is 0.0518. The van der Waals surface area contributed by atoms with Gasteiger partial charge in [-0.15, -0.1) is 0 Å². The van der Waals surface area contributed by atoms with Gasteiger partial charge in [0.1, 0.15) is 5.52 Å². The molecule has 5 nitrogen and oxygen atoms in total. The number of hydrogen-bond donors (Lipinski definition) is 0. The first kappa shape index (κ1) is 16.4. The maximum Gasteiger partial charge on any atom is 0.346 e. The number of esters is 1. The first-order chi connectivity index (χ1) is 11.4. The van der Waals surface area contributed by atoms with Crippen molar-refractivity contribution in [1.82, 2.24) is 4.57 Å². The summed E-state index contributed by atoms with van der Waals surface area (Å²) in [7, 11) is 1.09. The molecule has 8 heteroatoms. The molecule has 0 saturated heterocycles. The average molecular weight is 341 g/mol. The van der Waals surface area contributed by atoms with Gasteiger partial charge in [0.25, 0.3) is 5.56 Å². The standard InChI is InChI=1S/C16H14F3NO4/c1-3-24-16(22)10-11(18)8-6-9(17)12(19)14(23-2)13(8)20(15(10)21)7-4-5-7/h6-7H,3-5H2,1-2H3. The van der Waals surface area contributed by atoms with Crippen LogP contribution < -0.4 is 10.3 Å². The fraction of sp³-hybridized carbons (Fsp3) is 0.375. The van der Waals surface area contributed by atoms with E-state index < -0.39 is 45.7 Å². The third-order valence-corrected chi connectivity index (χ3v) is 3.88. The van der Waals surface area contributed by atoms with Gasteiger partial charge in [-0.05, 0) is 25.8 Å². The SMILES string of the molecule is CCOC(=O)c1c(F)c2cc(F)c(F)c(OC)c2n(C2CC2)c1=O. The lowest BCUT2D eigenvalue weighted by Crippen LogP contribution is -2.29. The van der Waals surface area contributed by atoms with Crippen LogP contribution in [-0.4, -0.2) is 24.3 Å². The molecule has 1 aromatic carbocycles. The highest BCUT2D eigenvalue weighted by Gasteiger charge is 2.34. The molecule has 3 rings (SSSR count). The number of pyridine rings is 1. The Labute approximate surface area is 134 Å². The number of ether oxygens (including phenoxy) is 2. The molecule has 1 saturated carbocycles. The van der Waals surface area contributed by atoms with Crippen molar-refractivity contribution in [2.45, 2.75) is 25.8 Å². The molecule has 0 spiro atoms. The van der Waals surface area contributed by atoms with Crippen molar-refractivity contribution in [2.75, 3.05) is 13.7 Å². The van der Waals surface area contributed by atoms with Gasteiger partial charge in [-0.25, -0.2) is 13.6 Å². The van der Waals surface area contributed by atoms with Crippen molar-refractivity contribution in [2.24, 2.45) is 0 Å². The topological polar surface area (TPSA) is 57.5 Å². The lowest BCUT2D eigenvalue weighted by atomic mass is 10.1. The van der Waals surface area contributed by atoms with E-state index >= 15 is 0 Å². The molecular weight excluding hydrogens is 327 g/mol. The van der Waals surface area contributed by atoms with E-state index in [9.17, 15) is 22.8 Å². The number of rotatable bonds is 4. The van der Waals surface area contributed by atoms with Crippen LogP contribution in [0.2, 0.25) is 0 Å². The van der Waals surface area contributed by atoms with Gasteiger partial charge in [-0.1, -0.05) is 0 Å². The Balaban J connectivity index is 2.49. The molecule has 0 unspecified atom stereocenters. The molecule has 1 aliphatic carbocycles. The summed E-state index contributed by atoms with van der Waals surface area (Å²) in [6, 6.07) is 0.288. The summed E-state index contributed by atoms with van der Waals surface area (Å²) in [6.07, 6.45) is 1.20. The summed E-state index contributed by atoms with van der Waals surface area (Å²) in [5, 5.41) is -0.402. The van der Waals surface area contributed by atoms with Crippen LogP contribution in [-0.2, 0) is 4.74 Å². The summed E-state index contributed by atoms with van der Waals surface area (Å²) in [6.45, 7) is 1.45. The van der Waals surface area contributed by atoms with E-state index in [0.717, 1.165) is 11.7 Å². The number of aromatic nitrogens is 1. The summed E-state index contributed by atoms with van der Waals surface area (Å²) >= 11 is 0. The molecule has 0 N–H and O–H groups in total. The molecule has 0 radical (unpaired) electrons. The van der Waals surface area contributed by atoms with Crippen LogP contribution in [0.5, 0.6) is 5.75 Å². The zero-order valence-electron chi connectivity index (χ0n) is 13.0. The summed E-state index contributed by atoms with van der Waals surface area (Å²) in [5.74, 6) is -5.61. The molecule has 0 aliphatic heterocycles. The molecule has 2 aromatic rings. The van der Waals surface area contributed by atoms with Crippen LogP contribution in [0.15, 0.2) is 10.9 Å². The highest BCUT2D eigenvalue weighted by molar-refractivity contribution is 5.96. The number of fused-ring (bicyclic) bond motifs is 1. The Hall–Kier alpha value is -2.51. The average Bonchev–Trinajstić information content (AvgIpc) is 3.35. The van der Waals surface area contributed by atoms with Crippen molar-refractivity contribution in [1.29, 1.82) is 0 Å². The molecular formula is C16H14F3NO4. The van der Waals surface area contributed by atoms with Crippen molar-refractivity contribution in [3.8, 4) is 5.75 Å². The molecule has 0 atom stereocenters. The number of carbonyl (C=O) groups excluding carboxylic acids is 1. The number of benzene rings is 1. The number of nitrogens with zero attached hydrogens (tertiary/aromatic N) is 1. The summed E-state index contributed by atoms with van der Waals surface area (Å²) in [5.41, 5.74) is -1.95. The second kappa shape index (κ2) is 5.85. The van der Waals surface area contributed by atoms with Gasteiger partial charge in [0.2, 0.25) is 5.82 Å². The van der Waals surface area contributed by atoms with E-state index in [4.69, 9.17) is 9.47 Å². The van der Waals surface area contributed by atoms with E-state index in [1.807, 2.05) is 0 Å². The predicted molar refractivity (Wildman–Crippen MR) is 78.9 cm³/mol. The minimum Gasteiger partial charge on any atom is -0.491 e. The minimum absolute atomic E-state index is 0.0553. The Bertz CT molecular complexity index is 903. The molecule has 1 fully saturated rings. The quantitative estimate of drug-likeness (QED) is 0.803. The van der Waals surface area contributed by atoms with Gasteiger partial charge in [0.15, 0.2) is 22.9 Å². The van der Waals surface area contributed by atoms with Gasteiger partial charge < -0.3 is 14.0 Å². The largest absolute Gasteiger partial charge is 0.491 e. The third-order valence-electron chi connectivity index (χ3n) is 3.88. The molecule has 1 heterocycles. The van der Waals surface area contributed by atoms with Crippen molar-refractivity contribution in [3.05, 3.63) is 39.4 Å². The van der Waals surface area contributed by atoms with E-state index in [1.165, 1.54) is 6.92 Å². The second-order valence-electron chi connectivity index (χ2n) is 5.42. The zero-order chi connectivity index (χ0) is 17.6. The van der Waals surface area contributed by atoms with Crippen molar-refractivity contribution in [3.63, 3.8) is 0 Å². The van der Waals surface area contributed by atoms with Gasteiger partial charge in [-0.3, -0.25) is 4.79 Å². The highest BCUT2D eigenvalue weighted by Crippen LogP contribution is 2.40. The summed E-state index contributed by atoms with van der Waals surface area (Å²) in [4.78, 5) is 24.6. The Kier molecular flexibility index (Phi) is 3.98. The number of halogens is 3. The summed E-state index contributed by atoms with van der Waals surface area (Å²) < 4.78 is 53.2. The zero-order valence-corrected chi connectivity index (χ0v) is 13.0. The van der Waals surface area contributed by atoms with Gasteiger partial charge in [0, 0.05) is 11.4 Å². The van der Waals surface area contributed by atoms with E-state index in [2.05, 4.69) is 0 Å². The maximum absolute atomic E-state index is 14.7. The Morgan fingerprint density at radius 2 is 1.96 bits per heavy atom. The first-order valence-corrected chi connectivity index (χ1v) is 7.39. The Morgan fingerprint density at radius 1 is 1.29 bits per heavy atom. The van der Waals surface area contributed by atoms with Crippen molar-refractivity contribution < 1.29 is 27.4 Å². The van der Waals surface area contributed by atoms with E-state index in [0.29, 0.717) is 18.9 Å². The van der Waals surface area contributed by atoms with Gasteiger partial charge in [0.05, 0.1) is 13.7 Å². The van der Waals surface area contributed by atoms with Crippen LogP contribution in [0.1, 0.15) is 36.2 Å². The third kappa shape index (κ3) is 2.33. The lowest BCUT2D eigenvalue weighted by Gasteiger charge is -2.16. The maximum atomic E-state index is 14.7. The molecule has 0 amide bonds. The smallest absolute Gasteiger partial charge is 0.346 e. The Morgan fingerprint density at radius 3 is 2.50 bits per heavy atom. The van der Waals surface area contributed by atoms with Crippen LogP contribution >= 0.6 is 0 Å². The minimum atomic E-state index is -1.34. The van der Waals surface area contributed by atoms with E-state index in [1.54, 1.807) is 0 Å². The highest BCUT2D eigenvalue weighted by atomic mass is 19.2. The molecule has 128 valence electrons. The van der Waals surface area contributed by atoms with Crippen LogP contribution in [0, 0.1) is 17.5 Å². The van der Waals surface area contributed by atoms with Crippen LogP contribution in [0.4, 0.5) is 13.2 Å². The first-order valence-electron chi connectivity index (χ1n) is 7.39. The molecule has 0 bridgehead atoms. The van der Waals surface area contributed by atoms with Crippen molar-refractivity contribution >= 4 is 16.9 Å². The normalized spacial score (nSPS) is 14.0. The number of hydrogen-bond acceptors (Lipinski definition) is 4. The van der Waals surface area contributed by atoms with Gasteiger partial charge in [-0.2, -0.15) is 4.39 Å². The molecule has 1 aromatic heterocycles. The second-order valence-corrected chi connectivity index (χ2v) is 5.42. The predicted octanol–water partition coefficient (Wildman–Crippen LogP) is 2.94. The van der Waals surface area contributed by atoms with Crippen LogP contribution in [0.3, 0.4) is 0 Å². The molecule has 1 aliphatic rings. The molecule has 24 heavy (non-hydrogen) atoms. The fourth-order valence-electron chi connectivity index (χ4n) is 2.70.